The third-order valence-corrected chi connectivity index (χ3v) is 5.48. The highest BCUT2D eigenvalue weighted by atomic mass is 32.2. The fraction of sp³-hybridized carbons (Fsp3) is 0.267. The number of ketones is 1. The number of hydrogen-bond donors (Lipinski definition) is 0. The summed E-state index contributed by atoms with van der Waals surface area (Å²) in [6, 6.07) is 10.1. The normalized spacial score (nSPS) is 11.5. The van der Waals surface area contributed by atoms with E-state index >= 15 is 0 Å². The summed E-state index contributed by atoms with van der Waals surface area (Å²) in [5.41, 5.74) is 0.990. The first-order valence-corrected chi connectivity index (χ1v) is 8.67. The molecular formula is C15H16O4S2. The zero-order chi connectivity index (χ0) is 15.5. The van der Waals surface area contributed by atoms with Crippen molar-refractivity contribution in [1.82, 2.24) is 0 Å². The molecule has 21 heavy (non-hydrogen) atoms. The smallest absolute Gasteiger partial charge is 0.294 e. The molecule has 1 aromatic carbocycles. The van der Waals surface area contributed by atoms with Crippen molar-refractivity contribution in [2.75, 3.05) is 6.61 Å². The average Bonchev–Trinajstić information content (AvgIpc) is 2.88. The number of carbonyl (C=O) groups is 1. The van der Waals surface area contributed by atoms with Crippen LogP contribution in [0.15, 0.2) is 41.3 Å². The Morgan fingerprint density at radius 3 is 2.38 bits per heavy atom. The molecule has 0 saturated heterocycles. The molecule has 6 heteroatoms. The van der Waals surface area contributed by atoms with Crippen LogP contribution in [-0.2, 0) is 20.7 Å². The van der Waals surface area contributed by atoms with Gasteiger partial charge in [0.05, 0.1) is 16.4 Å². The van der Waals surface area contributed by atoms with Gasteiger partial charge in [0.25, 0.3) is 10.1 Å². The second-order valence-corrected chi connectivity index (χ2v) is 7.44. The fourth-order valence-corrected chi connectivity index (χ4v) is 3.52. The average molecular weight is 324 g/mol. The van der Waals surface area contributed by atoms with Gasteiger partial charge < -0.3 is 0 Å². The molecule has 0 bridgehead atoms. The summed E-state index contributed by atoms with van der Waals surface area (Å²) < 4.78 is 29.0. The van der Waals surface area contributed by atoms with Crippen molar-refractivity contribution in [1.29, 1.82) is 0 Å². The Morgan fingerprint density at radius 2 is 1.81 bits per heavy atom. The fourth-order valence-electron chi connectivity index (χ4n) is 1.73. The minimum atomic E-state index is -3.72. The summed E-state index contributed by atoms with van der Waals surface area (Å²) in [5.74, 6) is 0.0134. The Hall–Kier alpha value is -1.50. The summed E-state index contributed by atoms with van der Waals surface area (Å²) in [7, 11) is -3.72. The summed E-state index contributed by atoms with van der Waals surface area (Å²) in [6.45, 7) is 3.46. The van der Waals surface area contributed by atoms with Crippen LogP contribution >= 0.6 is 11.3 Å². The van der Waals surface area contributed by atoms with Crippen LogP contribution < -0.4 is 0 Å². The lowest BCUT2D eigenvalue weighted by molar-refractivity contribution is 0.102. The second kappa shape index (κ2) is 6.51. The SMILES string of the molecule is CC(=O)c1ccc(CCOS(=O)(=O)c2ccc(C)cc2)s1. The second-order valence-electron chi connectivity index (χ2n) is 4.66. The molecule has 0 aliphatic carbocycles. The molecule has 2 rings (SSSR count). The van der Waals surface area contributed by atoms with Crippen molar-refractivity contribution in [3.63, 3.8) is 0 Å². The third-order valence-electron chi connectivity index (χ3n) is 2.91. The Balaban J connectivity index is 1.95. The lowest BCUT2D eigenvalue weighted by Crippen LogP contribution is -2.08. The monoisotopic (exact) mass is 324 g/mol. The van der Waals surface area contributed by atoms with Gasteiger partial charge in [-0.2, -0.15) is 8.42 Å². The summed E-state index contributed by atoms with van der Waals surface area (Å²) in [5, 5.41) is 0. The summed E-state index contributed by atoms with van der Waals surface area (Å²) >= 11 is 1.36. The molecule has 0 unspecified atom stereocenters. The van der Waals surface area contributed by atoms with E-state index in [1.165, 1.54) is 30.4 Å². The molecule has 2 aromatic rings. The molecule has 1 heterocycles. The molecule has 0 aliphatic heterocycles. The van der Waals surface area contributed by atoms with Gasteiger partial charge in [-0.25, -0.2) is 0 Å². The first-order valence-electron chi connectivity index (χ1n) is 6.44. The van der Waals surface area contributed by atoms with Crippen LogP contribution in [0.4, 0.5) is 0 Å². The largest absolute Gasteiger partial charge is 0.296 e. The van der Waals surface area contributed by atoms with Crippen LogP contribution in [0, 0.1) is 6.92 Å². The van der Waals surface area contributed by atoms with E-state index in [-0.39, 0.29) is 17.3 Å². The maximum Gasteiger partial charge on any atom is 0.296 e. The molecule has 112 valence electrons. The van der Waals surface area contributed by atoms with Gasteiger partial charge >= 0.3 is 0 Å². The van der Waals surface area contributed by atoms with Gasteiger partial charge in [0.1, 0.15) is 0 Å². The molecule has 0 N–H and O–H groups in total. The third kappa shape index (κ3) is 4.23. The van der Waals surface area contributed by atoms with Crippen LogP contribution in [0.5, 0.6) is 0 Å². The Bertz CT molecular complexity index is 727. The van der Waals surface area contributed by atoms with Crippen molar-refractivity contribution in [3.8, 4) is 0 Å². The number of aryl methyl sites for hydroxylation is 1. The number of carbonyl (C=O) groups excluding carboxylic acids is 1. The summed E-state index contributed by atoms with van der Waals surface area (Å²) in [6.07, 6.45) is 0.461. The van der Waals surface area contributed by atoms with Crippen molar-refractivity contribution in [2.45, 2.75) is 25.2 Å². The van der Waals surface area contributed by atoms with Crippen molar-refractivity contribution < 1.29 is 17.4 Å². The molecule has 0 fully saturated rings. The predicted octanol–water partition coefficient (Wildman–Crippen LogP) is 3.21. The molecule has 0 spiro atoms. The standard InChI is InChI=1S/C15H16O4S2/c1-11-3-6-14(7-4-11)21(17,18)19-10-9-13-5-8-15(20-13)12(2)16/h3-8H,9-10H2,1-2H3. The topological polar surface area (TPSA) is 60.4 Å². The minimum Gasteiger partial charge on any atom is -0.294 e. The lowest BCUT2D eigenvalue weighted by atomic mass is 10.2. The van der Waals surface area contributed by atoms with Gasteiger partial charge in [0, 0.05) is 11.3 Å². The highest BCUT2D eigenvalue weighted by Crippen LogP contribution is 2.19. The quantitative estimate of drug-likeness (QED) is 0.605. The zero-order valence-corrected chi connectivity index (χ0v) is 13.5. The maximum absolute atomic E-state index is 12.0. The first kappa shape index (κ1) is 15.9. The maximum atomic E-state index is 12.0. The molecule has 0 aliphatic rings. The lowest BCUT2D eigenvalue weighted by Gasteiger charge is -2.05. The van der Waals surface area contributed by atoms with Gasteiger partial charge in [0.2, 0.25) is 0 Å². The van der Waals surface area contributed by atoms with Crippen molar-refractivity contribution in [2.24, 2.45) is 0 Å². The van der Waals surface area contributed by atoms with Gasteiger partial charge in [0.15, 0.2) is 5.78 Å². The molecule has 0 amide bonds. The van der Waals surface area contributed by atoms with Crippen LogP contribution in [0.25, 0.3) is 0 Å². The highest BCUT2D eigenvalue weighted by molar-refractivity contribution is 7.86. The van der Waals surface area contributed by atoms with E-state index in [9.17, 15) is 13.2 Å². The van der Waals surface area contributed by atoms with E-state index in [2.05, 4.69) is 0 Å². The minimum absolute atomic E-state index is 0.0134. The van der Waals surface area contributed by atoms with Gasteiger partial charge in [-0.1, -0.05) is 17.7 Å². The van der Waals surface area contributed by atoms with E-state index in [0.29, 0.717) is 11.3 Å². The molecule has 0 radical (unpaired) electrons. The van der Waals surface area contributed by atoms with Gasteiger partial charge in [-0.3, -0.25) is 8.98 Å². The number of hydrogen-bond acceptors (Lipinski definition) is 5. The molecule has 4 nitrogen and oxygen atoms in total. The van der Waals surface area contributed by atoms with Crippen molar-refractivity contribution >= 4 is 27.2 Å². The van der Waals surface area contributed by atoms with Gasteiger partial charge in [-0.15, -0.1) is 11.3 Å². The Labute approximate surface area is 128 Å². The van der Waals surface area contributed by atoms with E-state index in [1.807, 2.05) is 13.0 Å². The van der Waals surface area contributed by atoms with Gasteiger partial charge in [-0.05, 0) is 38.1 Å². The first-order chi connectivity index (χ1) is 9.88. The summed E-state index contributed by atoms with van der Waals surface area (Å²) in [4.78, 5) is 12.9. The predicted molar refractivity (Wildman–Crippen MR) is 82.3 cm³/mol. The Kier molecular flexibility index (Phi) is 4.92. The number of thiophene rings is 1. The van der Waals surface area contributed by atoms with E-state index < -0.39 is 10.1 Å². The van der Waals surface area contributed by atoms with Crippen LogP contribution in [0.1, 0.15) is 27.0 Å². The molecular weight excluding hydrogens is 308 g/mol. The van der Waals surface area contributed by atoms with Crippen LogP contribution in [-0.4, -0.2) is 20.8 Å². The zero-order valence-electron chi connectivity index (χ0n) is 11.8. The van der Waals surface area contributed by atoms with Crippen LogP contribution in [0.3, 0.4) is 0 Å². The molecule has 0 saturated carbocycles. The van der Waals surface area contributed by atoms with E-state index in [4.69, 9.17) is 4.18 Å². The number of Topliss-reactive ketones (excluding diaryl/α,β-unsaturated/α-hetero) is 1. The molecule has 1 aromatic heterocycles. The highest BCUT2D eigenvalue weighted by Gasteiger charge is 2.15. The number of rotatable bonds is 6. The molecule has 0 atom stereocenters. The van der Waals surface area contributed by atoms with E-state index in [0.717, 1.165) is 10.4 Å². The Morgan fingerprint density at radius 1 is 1.14 bits per heavy atom. The number of benzene rings is 1. The van der Waals surface area contributed by atoms with Crippen molar-refractivity contribution in [3.05, 3.63) is 51.7 Å². The van der Waals surface area contributed by atoms with Crippen LogP contribution in [0.2, 0.25) is 0 Å². The van der Waals surface area contributed by atoms with E-state index in [1.54, 1.807) is 18.2 Å².